The van der Waals surface area contributed by atoms with Crippen molar-refractivity contribution in [3.63, 3.8) is 0 Å². The normalized spacial score (nSPS) is 13.7. The third kappa shape index (κ3) is 3.43. The van der Waals surface area contributed by atoms with Gasteiger partial charge in [-0.2, -0.15) is 0 Å². The number of thiophene rings is 1. The minimum Gasteiger partial charge on any atom is -0.135 e. The summed E-state index contributed by atoms with van der Waals surface area (Å²) in [5, 5.41) is 7.93. The maximum Gasteiger partial charge on any atom is 0.0434 e. The Balaban J connectivity index is 1.39. The van der Waals surface area contributed by atoms with Crippen LogP contribution in [0.15, 0.2) is 127 Å². The average molecular weight is 567 g/mol. The number of fused-ring (bicyclic) bond motifs is 8. The van der Waals surface area contributed by atoms with E-state index in [1.54, 1.807) is 0 Å². The molecule has 1 aromatic heterocycles. The van der Waals surface area contributed by atoms with Gasteiger partial charge in [0.25, 0.3) is 0 Å². The summed E-state index contributed by atoms with van der Waals surface area (Å²) in [6.45, 7) is 6.96. The second-order valence-electron chi connectivity index (χ2n) is 12.6. The zero-order valence-electron chi connectivity index (χ0n) is 24.5. The van der Waals surface area contributed by atoms with Gasteiger partial charge in [0.05, 0.1) is 0 Å². The molecule has 0 saturated carbocycles. The van der Waals surface area contributed by atoms with Crippen molar-refractivity contribution in [3.8, 4) is 33.4 Å². The van der Waals surface area contributed by atoms with E-state index in [9.17, 15) is 0 Å². The highest BCUT2D eigenvalue weighted by atomic mass is 32.1. The summed E-state index contributed by atoms with van der Waals surface area (Å²) in [6, 6.07) is 47.8. The monoisotopic (exact) mass is 566 g/mol. The second kappa shape index (κ2) is 8.89. The fourth-order valence-electron chi connectivity index (χ4n) is 7.70. The summed E-state index contributed by atoms with van der Waals surface area (Å²) < 4.78 is 2.70. The van der Waals surface area contributed by atoms with E-state index in [0.717, 1.165) is 0 Å². The lowest BCUT2D eigenvalue weighted by molar-refractivity contribution is 0.660. The molecule has 0 spiro atoms. The van der Waals surface area contributed by atoms with E-state index in [-0.39, 0.29) is 5.41 Å². The molecule has 0 unspecified atom stereocenters. The van der Waals surface area contributed by atoms with Gasteiger partial charge < -0.3 is 0 Å². The van der Waals surface area contributed by atoms with Crippen molar-refractivity contribution >= 4 is 53.1 Å². The van der Waals surface area contributed by atoms with Crippen LogP contribution in [0.4, 0.5) is 0 Å². The molecule has 1 aliphatic carbocycles. The lowest BCUT2D eigenvalue weighted by Gasteiger charge is -2.23. The van der Waals surface area contributed by atoms with Crippen LogP contribution in [-0.4, -0.2) is 0 Å². The van der Waals surface area contributed by atoms with Crippen molar-refractivity contribution in [3.05, 3.63) is 144 Å². The molecule has 0 saturated heterocycles. The molecule has 0 N–H and O–H groups in total. The van der Waals surface area contributed by atoms with Crippen LogP contribution in [0.2, 0.25) is 0 Å². The van der Waals surface area contributed by atoms with Crippen LogP contribution in [-0.2, 0) is 5.41 Å². The van der Waals surface area contributed by atoms with E-state index in [2.05, 4.69) is 148 Å². The SMILES string of the molecule is Cc1ccc2c(-c3cccc4c3sc3ccccc34)c3ccccc3c(-c3ccc4c(c3)C(C)(C)c3ccccc3-4)c2c1. The Bertz CT molecular complexity index is 2440. The fraction of sp³-hybridized carbons (Fsp3) is 0.0952. The smallest absolute Gasteiger partial charge is 0.0434 e. The summed E-state index contributed by atoms with van der Waals surface area (Å²) in [5.74, 6) is 0. The first kappa shape index (κ1) is 24.8. The molecule has 0 amide bonds. The molecule has 1 aliphatic rings. The molecule has 0 nitrogen and oxygen atoms in total. The van der Waals surface area contributed by atoms with Gasteiger partial charge in [-0.1, -0.05) is 135 Å². The fourth-order valence-corrected chi connectivity index (χ4v) is 8.92. The Morgan fingerprint density at radius 1 is 0.465 bits per heavy atom. The molecule has 204 valence electrons. The zero-order valence-corrected chi connectivity index (χ0v) is 25.3. The van der Waals surface area contributed by atoms with Crippen LogP contribution >= 0.6 is 11.3 Å². The van der Waals surface area contributed by atoms with Crippen molar-refractivity contribution in [2.45, 2.75) is 26.2 Å². The van der Waals surface area contributed by atoms with Gasteiger partial charge in [0.15, 0.2) is 0 Å². The van der Waals surface area contributed by atoms with Crippen LogP contribution in [0.3, 0.4) is 0 Å². The van der Waals surface area contributed by atoms with Gasteiger partial charge in [0.2, 0.25) is 0 Å². The highest BCUT2D eigenvalue weighted by molar-refractivity contribution is 7.26. The molecular weight excluding hydrogens is 537 g/mol. The van der Waals surface area contributed by atoms with Crippen molar-refractivity contribution < 1.29 is 0 Å². The van der Waals surface area contributed by atoms with Gasteiger partial charge in [0, 0.05) is 31.2 Å². The van der Waals surface area contributed by atoms with Crippen molar-refractivity contribution in [2.24, 2.45) is 0 Å². The van der Waals surface area contributed by atoms with E-state index in [4.69, 9.17) is 0 Å². The number of hydrogen-bond donors (Lipinski definition) is 0. The minimum absolute atomic E-state index is 0.0414. The molecule has 0 aliphatic heterocycles. The topological polar surface area (TPSA) is 0 Å². The standard InChI is InChI=1S/C42H30S/c1-25-19-21-32-35(23-25)39(26-20-22-28-27-11-6-8-17-36(27)42(2,3)37(28)24-26)30-13-4-5-14-31(30)40(32)34-16-10-15-33-29-12-7-9-18-38(29)43-41(33)34/h4-24H,1-3H3. The Kier molecular flexibility index (Phi) is 5.14. The summed E-state index contributed by atoms with van der Waals surface area (Å²) in [7, 11) is 0. The molecule has 9 rings (SSSR count). The number of rotatable bonds is 2. The minimum atomic E-state index is -0.0414. The highest BCUT2D eigenvalue weighted by Gasteiger charge is 2.35. The van der Waals surface area contributed by atoms with Crippen LogP contribution in [0.1, 0.15) is 30.5 Å². The molecule has 1 heteroatoms. The molecular formula is C42H30S. The zero-order chi connectivity index (χ0) is 28.9. The summed E-state index contributed by atoms with van der Waals surface area (Å²) in [4.78, 5) is 0. The van der Waals surface area contributed by atoms with E-state index >= 15 is 0 Å². The second-order valence-corrected chi connectivity index (χ2v) is 13.6. The molecule has 0 radical (unpaired) electrons. The molecule has 0 fully saturated rings. The maximum absolute atomic E-state index is 2.48. The largest absolute Gasteiger partial charge is 0.135 e. The Morgan fingerprint density at radius 2 is 1.12 bits per heavy atom. The average Bonchev–Trinajstić information content (AvgIpc) is 3.52. The lowest BCUT2D eigenvalue weighted by Crippen LogP contribution is -2.14. The van der Waals surface area contributed by atoms with Crippen LogP contribution < -0.4 is 0 Å². The van der Waals surface area contributed by atoms with Crippen LogP contribution in [0.25, 0.3) is 75.1 Å². The maximum atomic E-state index is 2.48. The molecule has 7 aromatic carbocycles. The van der Waals surface area contributed by atoms with Gasteiger partial charge in [0.1, 0.15) is 0 Å². The van der Waals surface area contributed by atoms with Gasteiger partial charge in [-0.15, -0.1) is 11.3 Å². The Labute approximate surface area is 255 Å². The van der Waals surface area contributed by atoms with E-state index in [1.807, 2.05) is 11.3 Å². The first-order valence-electron chi connectivity index (χ1n) is 15.1. The summed E-state index contributed by atoms with van der Waals surface area (Å²) in [6.07, 6.45) is 0. The van der Waals surface area contributed by atoms with Crippen LogP contribution in [0.5, 0.6) is 0 Å². The van der Waals surface area contributed by atoms with Crippen molar-refractivity contribution in [1.82, 2.24) is 0 Å². The quantitative estimate of drug-likeness (QED) is 0.183. The Morgan fingerprint density at radius 3 is 1.98 bits per heavy atom. The predicted molar refractivity (Wildman–Crippen MR) is 188 cm³/mol. The highest BCUT2D eigenvalue weighted by Crippen LogP contribution is 2.52. The first-order valence-corrected chi connectivity index (χ1v) is 15.9. The number of hydrogen-bond acceptors (Lipinski definition) is 1. The molecule has 0 atom stereocenters. The van der Waals surface area contributed by atoms with Gasteiger partial charge >= 0.3 is 0 Å². The van der Waals surface area contributed by atoms with E-state index in [1.165, 1.54) is 91.8 Å². The lowest BCUT2D eigenvalue weighted by atomic mass is 9.80. The van der Waals surface area contributed by atoms with E-state index < -0.39 is 0 Å². The number of aryl methyl sites for hydroxylation is 1. The predicted octanol–water partition coefficient (Wildman–Crippen LogP) is 12.3. The first-order chi connectivity index (χ1) is 21.0. The molecule has 8 aromatic rings. The van der Waals surface area contributed by atoms with Crippen LogP contribution in [0, 0.1) is 6.92 Å². The third-order valence-corrected chi connectivity index (χ3v) is 10.9. The van der Waals surface area contributed by atoms with Gasteiger partial charge in [-0.05, 0) is 79.5 Å². The van der Waals surface area contributed by atoms with Gasteiger partial charge in [-0.3, -0.25) is 0 Å². The molecule has 1 heterocycles. The third-order valence-electron chi connectivity index (χ3n) is 9.73. The number of benzene rings is 7. The van der Waals surface area contributed by atoms with E-state index in [0.29, 0.717) is 0 Å². The Hall–Kier alpha value is -4.72. The molecule has 43 heavy (non-hydrogen) atoms. The summed E-state index contributed by atoms with van der Waals surface area (Å²) in [5.41, 5.74) is 12.1. The van der Waals surface area contributed by atoms with Crippen molar-refractivity contribution in [2.75, 3.05) is 0 Å². The van der Waals surface area contributed by atoms with Gasteiger partial charge in [-0.25, -0.2) is 0 Å². The summed E-state index contributed by atoms with van der Waals surface area (Å²) >= 11 is 1.91. The molecule has 0 bridgehead atoms. The van der Waals surface area contributed by atoms with Crippen molar-refractivity contribution in [1.29, 1.82) is 0 Å².